The molecule has 4 nitrogen and oxygen atoms in total. The third-order valence-corrected chi connectivity index (χ3v) is 1.45. The fraction of sp³-hybridized carbons (Fsp3) is 0.125. The summed E-state index contributed by atoms with van der Waals surface area (Å²) in [4.78, 5) is 14.6. The standard InChI is InChI=1S/C8H9NO3.Zr/c9-12-8(11)7(10)6-4-2-1-3-5-6;/h1-5,7,10H,9H2;/t7-;/m1./s1. The number of aliphatic hydroxyl groups excluding tert-OH is 1. The van der Waals surface area contributed by atoms with Gasteiger partial charge in [-0.1, -0.05) is 30.3 Å². The maximum Gasteiger partial charge on any atom is 0.358 e. The molecule has 1 aromatic rings. The van der Waals surface area contributed by atoms with Crippen LogP contribution >= 0.6 is 0 Å². The average Bonchev–Trinajstić information content (AvgIpc) is 2.17. The van der Waals surface area contributed by atoms with Crippen LogP contribution in [0.2, 0.25) is 0 Å². The molecule has 13 heavy (non-hydrogen) atoms. The molecule has 68 valence electrons. The Morgan fingerprint density at radius 2 is 1.92 bits per heavy atom. The van der Waals surface area contributed by atoms with Crippen LogP contribution in [0.15, 0.2) is 30.3 Å². The van der Waals surface area contributed by atoms with E-state index in [1.165, 1.54) is 0 Å². The van der Waals surface area contributed by atoms with Gasteiger partial charge in [-0.15, -0.1) is 0 Å². The molecule has 0 amide bonds. The van der Waals surface area contributed by atoms with E-state index >= 15 is 0 Å². The third kappa shape index (κ3) is 3.38. The SMILES string of the molecule is NOC(=O)[C@H](O)c1ccccc1.[Zr]. The topological polar surface area (TPSA) is 72.5 Å². The van der Waals surface area contributed by atoms with Gasteiger partial charge in [-0.2, -0.15) is 5.90 Å². The van der Waals surface area contributed by atoms with Gasteiger partial charge in [0.15, 0.2) is 6.10 Å². The summed E-state index contributed by atoms with van der Waals surface area (Å²) < 4.78 is 0. The molecule has 0 aromatic heterocycles. The summed E-state index contributed by atoms with van der Waals surface area (Å²) in [6.07, 6.45) is -1.30. The van der Waals surface area contributed by atoms with Crippen molar-refractivity contribution in [2.75, 3.05) is 0 Å². The van der Waals surface area contributed by atoms with Crippen molar-refractivity contribution in [3.8, 4) is 0 Å². The molecule has 1 atom stereocenters. The van der Waals surface area contributed by atoms with Gasteiger partial charge >= 0.3 is 5.97 Å². The summed E-state index contributed by atoms with van der Waals surface area (Å²) in [6, 6.07) is 8.43. The number of carbonyl (C=O) groups is 1. The zero-order valence-corrected chi connectivity index (χ0v) is 9.26. The minimum Gasteiger partial charge on any atom is -0.377 e. The second kappa shape index (κ2) is 6.02. The normalized spacial score (nSPS) is 11.2. The number of benzene rings is 1. The molecule has 0 unspecified atom stereocenters. The second-order valence-corrected chi connectivity index (χ2v) is 2.25. The van der Waals surface area contributed by atoms with E-state index in [2.05, 4.69) is 10.7 Å². The summed E-state index contributed by atoms with van der Waals surface area (Å²) in [7, 11) is 0. The molecule has 0 heterocycles. The molecule has 5 heteroatoms. The molecule has 0 aliphatic rings. The van der Waals surface area contributed by atoms with Gasteiger partial charge in [0.2, 0.25) is 0 Å². The maximum atomic E-state index is 10.7. The van der Waals surface area contributed by atoms with Gasteiger partial charge in [-0.25, -0.2) is 4.79 Å². The Balaban J connectivity index is 0.00000144. The van der Waals surface area contributed by atoms with Crippen LogP contribution < -0.4 is 5.90 Å². The van der Waals surface area contributed by atoms with Crippen molar-refractivity contribution >= 4 is 5.97 Å². The van der Waals surface area contributed by atoms with Crippen LogP contribution in [0.25, 0.3) is 0 Å². The van der Waals surface area contributed by atoms with Gasteiger partial charge in [0.25, 0.3) is 0 Å². The van der Waals surface area contributed by atoms with E-state index in [-0.39, 0.29) is 26.2 Å². The van der Waals surface area contributed by atoms with Crippen molar-refractivity contribution in [1.29, 1.82) is 0 Å². The van der Waals surface area contributed by atoms with E-state index in [0.29, 0.717) is 5.56 Å². The van der Waals surface area contributed by atoms with Crippen molar-refractivity contribution in [2.24, 2.45) is 5.90 Å². The molecular formula is C8H9NO3Zr. The van der Waals surface area contributed by atoms with E-state index in [9.17, 15) is 9.90 Å². The fourth-order valence-corrected chi connectivity index (χ4v) is 0.836. The summed E-state index contributed by atoms with van der Waals surface area (Å²) in [5, 5.41) is 9.23. The Labute approximate surface area is 94.8 Å². The summed E-state index contributed by atoms with van der Waals surface area (Å²) >= 11 is 0. The molecule has 0 fully saturated rings. The summed E-state index contributed by atoms with van der Waals surface area (Å²) in [6.45, 7) is 0. The zero-order chi connectivity index (χ0) is 8.97. The summed E-state index contributed by atoms with van der Waals surface area (Å²) in [5.41, 5.74) is 0.466. The van der Waals surface area contributed by atoms with Crippen molar-refractivity contribution < 1.29 is 40.9 Å². The first kappa shape index (κ1) is 12.5. The molecule has 3 N–H and O–H groups in total. The first-order valence-electron chi connectivity index (χ1n) is 3.39. The van der Waals surface area contributed by atoms with E-state index in [1.54, 1.807) is 30.3 Å². The molecule has 0 aliphatic heterocycles. The van der Waals surface area contributed by atoms with Crippen molar-refractivity contribution in [3.05, 3.63) is 35.9 Å². The summed E-state index contributed by atoms with van der Waals surface area (Å²) in [5.74, 6) is 3.74. The van der Waals surface area contributed by atoms with E-state index in [4.69, 9.17) is 0 Å². The van der Waals surface area contributed by atoms with Crippen LogP contribution in [0.4, 0.5) is 0 Å². The van der Waals surface area contributed by atoms with E-state index in [0.717, 1.165) is 0 Å². The van der Waals surface area contributed by atoms with Gasteiger partial charge in [0.1, 0.15) is 0 Å². The number of aliphatic hydroxyl groups is 1. The van der Waals surface area contributed by atoms with Crippen LogP contribution in [0.3, 0.4) is 0 Å². The Kier molecular flexibility index (Phi) is 5.79. The quantitative estimate of drug-likeness (QED) is 0.740. The van der Waals surface area contributed by atoms with Crippen LogP contribution in [-0.2, 0) is 35.8 Å². The minimum atomic E-state index is -1.30. The second-order valence-electron chi connectivity index (χ2n) is 2.25. The van der Waals surface area contributed by atoms with Gasteiger partial charge < -0.3 is 9.94 Å². The molecule has 1 aromatic carbocycles. The van der Waals surface area contributed by atoms with Crippen molar-refractivity contribution in [3.63, 3.8) is 0 Å². The maximum absolute atomic E-state index is 10.7. The van der Waals surface area contributed by atoms with E-state index in [1.807, 2.05) is 0 Å². The predicted octanol–water partition coefficient (Wildman–Crippen LogP) is 0.134. The number of carbonyl (C=O) groups excluding carboxylic acids is 1. The third-order valence-electron chi connectivity index (χ3n) is 1.45. The average molecular weight is 258 g/mol. The van der Waals surface area contributed by atoms with Crippen molar-refractivity contribution in [2.45, 2.75) is 6.10 Å². The first-order chi connectivity index (χ1) is 5.75. The molecule has 0 radical (unpaired) electrons. The monoisotopic (exact) mass is 257 g/mol. The van der Waals surface area contributed by atoms with Gasteiger partial charge in [0.05, 0.1) is 0 Å². The Hall–Kier alpha value is -0.507. The Morgan fingerprint density at radius 3 is 2.38 bits per heavy atom. The smallest absolute Gasteiger partial charge is 0.358 e. The molecule has 0 aliphatic carbocycles. The van der Waals surface area contributed by atoms with Gasteiger partial charge in [-0.3, -0.25) is 0 Å². The molecule has 1 rings (SSSR count). The van der Waals surface area contributed by atoms with Crippen LogP contribution in [0.5, 0.6) is 0 Å². The number of rotatable bonds is 2. The van der Waals surface area contributed by atoms with Gasteiger partial charge in [0, 0.05) is 26.2 Å². The molecule has 0 saturated heterocycles. The van der Waals surface area contributed by atoms with Crippen LogP contribution in [-0.4, -0.2) is 11.1 Å². The zero-order valence-electron chi connectivity index (χ0n) is 6.81. The van der Waals surface area contributed by atoms with Crippen molar-refractivity contribution in [1.82, 2.24) is 0 Å². The van der Waals surface area contributed by atoms with Gasteiger partial charge in [-0.05, 0) is 5.56 Å². The largest absolute Gasteiger partial charge is 0.377 e. The fourth-order valence-electron chi connectivity index (χ4n) is 0.836. The molecule has 0 spiro atoms. The van der Waals surface area contributed by atoms with E-state index < -0.39 is 12.1 Å². The predicted molar refractivity (Wildman–Crippen MR) is 41.7 cm³/mol. The number of nitrogens with two attached hydrogens (primary N) is 1. The van der Waals surface area contributed by atoms with Crippen LogP contribution in [0, 0.1) is 0 Å². The molecule has 0 saturated carbocycles. The molecular weight excluding hydrogens is 249 g/mol. The Morgan fingerprint density at radius 1 is 1.38 bits per heavy atom. The number of hydrogen-bond acceptors (Lipinski definition) is 4. The van der Waals surface area contributed by atoms with Crippen LogP contribution in [0.1, 0.15) is 11.7 Å². The number of hydrogen-bond donors (Lipinski definition) is 2. The first-order valence-corrected chi connectivity index (χ1v) is 3.39. The molecule has 0 bridgehead atoms. The Bertz CT molecular complexity index is 265. The minimum absolute atomic E-state index is 0.